The molecule has 0 spiro atoms. The molecule has 0 bridgehead atoms. The predicted octanol–water partition coefficient (Wildman–Crippen LogP) is 4.61. The van der Waals surface area contributed by atoms with E-state index >= 15 is 0 Å². The van der Waals surface area contributed by atoms with Crippen LogP contribution < -0.4 is 4.74 Å². The van der Waals surface area contributed by atoms with Crippen LogP contribution in [0.3, 0.4) is 0 Å². The smallest absolute Gasteiger partial charge is 0.312 e. The summed E-state index contributed by atoms with van der Waals surface area (Å²) in [6, 6.07) is 17.9. The third kappa shape index (κ3) is 5.27. The van der Waals surface area contributed by atoms with Gasteiger partial charge in [-0.15, -0.1) is 0 Å². The molecule has 0 radical (unpaired) electrons. The molecule has 110 valence electrons. The van der Waals surface area contributed by atoms with Crippen molar-refractivity contribution in [3.63, 3.8) is 0 Å². The fourth-order valence-corrected chi connectivity index (χ4v) is 2.86. The Labute approximate surface area is 130 Å². The van der Waals surface area contributed by atoms with Gasteiger partial charge in [-0.3, -0.25) is 4.79 Å². The lowest BCUT2D eigenvalue weighted by atomic mass is 10.2. The van der Waals surface area contributed by atoms with Gasteiger partial charge in [0.25, 0.3) is 0 Å². The molecule has 2 aromatic carbocycles. The van der Waals surface area contributed by atoms with Gasteiger partial charge >= 0.3 is 5.97 Å². The summed E-state index contributed by atoms with van der Waals surface area (Å²) in [5, 5.41) is 0.238. The fraction of sp³-hybridized carbons (Fsp3) is 0.278. The number of esters is 1. The molecule has 0 saturated carbocycles. The first-order chi connectivity index (χ1) is 10.1. The van der Waals surface area contributed by atoms with Crippen molar-refractivity contribution in [2.45, 2.75) is 31.3 Å². The third-order valence-corrected chi connectivity index (χ3v) is 4.38. The first kappa shape index (κ1) is 15.6. The zero-order chi connectivity index (χ0) is 15.1. The summed E-state index contributed by atoms with van der Waals surface area (Å²) >= 11 is 1.77. The molecular formula is C18H20O2S. The fourth-order valence-electron chi connectivity index (χ4n) is 1.94. The van der Waals surface area contributed by atoms with Gasteiger partial charge in [-0.05, 0) is 24.1 Å². The van der Waals surface area contributed by atoms with E-state index < -0.39 is 0 Å². The first-order valence-corrected chi connectivity index (χ1v) is 8.12. The number of hydrogen-bond acceptors (Lipinski definition) is 3. The monoisotopic (exact) mass is 300 g/mol. The van der Waals surface area contributed by atoms with Crippen molar-refractivity contribution in [3.05, 3.63) is 65.7 Å². The van der Waals surface area contributed by atoms with E-state index in [4.69, 9.17) is 4.74 Å². The van der Waals surface area contributed by atoms with E-state index in [9.17, 15) is 4.79 Å². The predicted molar refractivity (Wildman–Crippen MR) is 88.6 cm³/mol. The van der Waals surface area contributed by atoms with Gasteiger partial charge < -0.3 is 4.74 Å². The van der Waals surface area contributed by atoms with Gasteiger partial charge in [0, 0.05) is 11.0 Å². The Bertz CT molecular complexity index is 581. The van der Waals surface area contributed by atoms with Gasteiger partial charge in [0.1, 0.15) is 5.75 Å². The van der Waals surface area contributed by atoms with Crippen molar-refractivity contribution < 1.29 is 9.53 Å². The van der Waals surface area contributed by atoms with E-state index in [0.717, 1.165) is 11.3 Å². The Morgan fingerprint density at radius 2 is 1.76 bits per heavy atom. The Morgan fingerprint density at radius 3 is 2.48 bits per heavy atom. The Balaban J connectivity index is 1.78. The van der Waals surface area contributed by atoms with Crippen LogP contribution >= 0.6 is 11.8 Å². The quantitative estimate of drug-likeness (QED) is 0.575. The van der Waals surface area contributed by atoms with Crippen LogP contribution in [-0.2, 0) is 10.5 Å². The van der Waals surface area contributed by atoms with E-state index in [1.54, 1.807) is 11.8 Å². The van der Waals surface area contributed by atoms with E-state index in [0.29, 0.717) is 12.2 Å². The van der Waals surface area contributed by atoms with Crippen molar-refractivity contribution in [2.24, 2.45) is 0 Å². The maximum atomic E-state index is 12.0. The maximum absolute atomic E-state index is 12.0. The van der Waals surface area contributed by atoms with Crippen LogP contribution in [0, 0.1) is 6.92 Å². The Hall–Kier alpha value is -1.74. The summed E-state index contributed by atoms with van der Waals surface area (Å²) in [7, 11) is 0. The van der Waals surface area contributed by atoms with Gasteiger partial charge in [0.2, 0.25) is 0 Å². The topological polar surface area (TPSA) is 26.3 Å². The molecule has 21 heavy (non-hydrogen) atoms. The molecule has 2 nitrogen and oxygen atoms in total. The molecule has 3 heteroatoms. The molecule has 0 aliphatic carbocycles. The van der Waals surface area contributed by atoms with Crippen LogP contribution in [0.25, 0.3) is 0 Å². The van der Waals surface area contributed by atoms with Crippen LogP contribution in [0.1, 0.15) is 24.5 Å². The summed E-state index contributed by atoms with van der Waals surface area (Å²) in [6.45, 7) is 4.00. The Kier molecular flexibility index (Phi) is 5.88. The summed E-state index contributed by atoms with van der Waals surface area (Å²) in [6.07, 6.45) is 0.422. The molecule has 2 rings (SSSR count). The second-order valence-electron chi connectivity index (χ2n) is 5.05. The van der Waals surface area contributed by atoms with Crippen molar-refractivity contribution >= 4 is 17.7 Å². The van der Waals surface area contributed by atoms with E-state index in [-0.39, 0.29) is 11.2 Å². The zero-order valence-electron chi connectivity index (χ0n) is 12.4. The molecular weight excluding hydrogens is 280 g/mol. The van der Waals surface area contributed by atoms with Crippen LogP contribution in [0.4, 0.5) is 0 Å². The number of rotatable bonds is 6. The minimum Gasteiger partial charge on any atom is -0.426 e. The number of aryl methyl sites for hydroxylation is 1. The summed E-state index contributed by atoms with van der Waals surface area (Å²) in [5.74, 6) is 1.40. The van der Waals surface area contributed by atoms with Gasteiger partial charge in [-0.1, -0.05) is 55.5 Å². The number of benzene rings is 2. The van der Waals surface area contributed by atoms with E-state index in [2.05, 4.69) is 19.1 Å². The largest absolute Gasteiger partial charge is 0.426 e. The molecule has 0 N–H and O–H groups in total. The van der Waals surface area contributed by atoms with Crippen molar-refractivity contribution in [3.8, 4) is 5.75 Å². The number of carbonyl (C=O) groups is 1. The molecule has 2 aromatic rings. The maximum Gasteiger partial charge on any atom is 0.312 e. The lowest BCUT2D eigenvalue weighted by Gasteiger charge is -2.12. The standard InChI is InChI=1S/C18H20O2S/c1-14-8-6-7-11-17(14)20-18(19)12-15(2)21-13-16-9-4-3-5-10-16/h3-11,15H,12-13H2,1-2H3/t15-/m0/s1. The molecule has 0 unspecified atom stereocenters. The highest BCUT2D eigenvalue weighted by Crippen LogP contribution is 2.22. The second kappa shape index (κ2) is 7.89. The molecule has 0 heterocycles. The molecule has 0 aromatic heterocycles. The van der Waals surface area contributed by atoms with Crippen LogP contribution in [0.15, 0.2) is 54.6 Å². The Morgan fingerprint density at radius 1 is 1.10 bits per heavy atom. The minimum atomic E-state index is -0.169. The summed E-state index contributed by atoms with van der Waals surface area (Å²) in [5.41, 5.74) is 2.26. The normalized spacial score (nSPS) is 11.9. The number of ether oxygens (including phenoxy) is 1. The van der Waals surface area contributed by atoms with Crippen molar-refractivity contribution in [1.29, 1.82) is 0 Å². The average molecular weight is 300 g/mol. The highest BCUT2D eigenvalue weighted by molar-refractivity contribution is 7.99. The molecule has 0 aliphatic heterocycles. The van der Waals surface area contributed by atoms with Gasteiger partial charge in [0.15, 0.2) is 0 Å². The van der Waals surface area contributed by atoms with E-state index in [1.165, 1.54) is 5.56 Å². The highest BCUT2D eigenvalue weighted by atomic mass is 32.2. The lowest BCUT2D eigenvalue weighted by molar-refractivity contribution is -0.134. The molecule has 0 fully saturated rings. The lowest BCUT2D eigenvalue weighted by Crippen LogP contribution is -2.14. The molecule has 0 saturated heterocycles. The first-order valence-electron chi connectivity index (χ1n) is 7.07. The van der Waals surface area contributed by atoms with Gasteiger partial charge in [-0.2, -0.15) is 11.8 Å². The molecule has 1 atom stereocenters. The summed E-state index contributed by atoms with van der Waals surface area (Å²) < 4.78 is 5.42. The number of thioether (sulfide) groups is 1. The average Bonchev–Trinajstić information content (AvgIpc) is 2.48. The highest BCUT2D eigenvalue weighted by Gasteiger charge is 2.12. The minimum absolute atomic E-state index is 0.169. The molecule has 0 amide bonds. The summed E-state index contributed by atoms with van der Waals surface area (Å²) in [4.78, 5) is 12.0. The molecule has 0 aliphatic rings. The number of para-hydroxylation sites is 1. The third-order valence-electron chi connectivity index (χ3n) is 3.15. The number of carbonyl (C=O) groups excluding carboxylic acids is 1. The van der Waals surface area contributed by atoms with Crippen LogP contribution in [0.2, 0.25) is 0 Å². The SMILES string of the molecule is Cc1ccccc1OC(=O)C[C@H](C)SCc1ccccc1. The van der Waals surface area contributed by atoms with Crippen LogP contribution in [-0.4, -0.2) is 11.2 Å². The van der Waals surface area contributed by atoms with Crippen LogP contribution in [0.5, 0.6) is 5.75 Å². The van der Waals surface area contributed by atoms with E-state index in [1.807, 2.05) is 49.4 Å². The van der Waals surface area contributed by atoms with Gasteiger partial charge in [0.05, 0.1) is 6.42 Å². The zero-order valence-corrected chi connectivity index (χ0v) is 13.2. The van der Waals surface area contributed by atoms with Crippen molar-refractivity contribution in [2.75, 3.05) is 0 Å². The van der Waals surface area contributed by atoms with Gasteiger partial charge in [-0.25, -0.2) is 0 Å². The van der Waals surface area contributed by atoms with Crippen molar-refractivity contribution in [1.82, 2.24) is 0 Å². The number of hydrogen-bond donors (Lipinski definition) is 0. The second-order valence-corrected chi connectivity index (χ2v) is 6.48.